The summed E-state index contributed by atoms with van der Waals surface area (Å²) in [7, 11) is 1.19. The van der Waals surface area contributed by atoms with Crippen molar-refractivity contribution in [2.24, 2.45) is 5.73 Å². The fraction of sp³-hybridized carbons (Fsp3) is 0.300. The highest BCUT2D eigenvalue weighted by Gasteiger charge is 2.23. The van der Waals surface area contributed by atoms with Gasteiger partial charge in [-0.15, -0.1) is 0 Å². The molecule has 1 aromatic rings. The Bertz CT molecular complexity index is 450. The molecule has 0 spiro atoms. The first-order chi connectivity index (χ1) is 8.01. The molecule has 7 heteroatoms. The lowest BCUT2D eigenvalue weighted by atomic mass is 9.99. The predicted molar refractivity (Wildman–Crippen MR) is 56.9 cm³/mol. The van der Waals surface area contributed by atoms with Gasteiger partial charge in [-0.25, -0.2) is 0 Å². The molecule has 0 bridgehead atoms. The number of benzene rings is 1. The topological polar surface area (TPSA) is 95.5 Å². The molecule has 0 aliphatic rings. The average molecular weight is 242 g/mol. The molecule has 0 saturated heterocycles. The van der Waals surface area contributed by atoms with E-state index in [1.54, 1.807) is 0 Å². The van der Waals surface area contributed by atoms with Crippen LogP contribution >= 0.6 is 0 Å². The molecule has 1 unspecified atom stereocenters. The maximum atomic E-state index is 13.3. The number of esters is 1. The number of nitrogens with zero attached hydrogens (tertiary/aromatic N) is 1. The van der Waals surface area contributed by atoms with Crippen molar-refractivity contribution in [3.63, 3.8) is 0 Å². The van der Waals surface area contributed by atoms with E-state index in [0.717, 1.165) is 12.1 Å². The number of methoxy groups -OCH3 is 1. The first-order valence-corrected chi connectivity index (χ1v) is 4.73. The van der Waals surface area contributed by atoms with Gasteiger partial charge in [0.1, 0.15) is 0 Å². The standard InChI is InChI=1S/C10H11FN2O4/c1-17-10(14)7(5-12)6-2-3-9(13(15)16)8(11)4-6/h2-4,7H,5,12H2,1H3. The van der Waals surface area contributed by atoms with Gasteiger partial charge in [-0.1, -0.05) is 6.07 Å². The molecule has 0 amide bonds. The number of nitrogens with two attached hydrogens (primary N) is 1. The molecule has 0 radical (unpaired) electrons. The summed E-state index contributed by atoms with van der Waals surface area (Å²) in [5.41, 5.74) is 4.98. The van der Waals surface area contributed by atoms with Gasteiger partial charge >= 0.3 is 11.7 Å². The number of carbonyl (C=O) groups is 1. The molecule has 1 rings (SSSR count). The number of hydrogen-bond acceptors (Lipinski definition) is 5. The summed E-state index contributed by atoms with van der Waals surface area (Å²) in [6.07, 6.45) is 0. The van der Waals surface area contributed by atoms with Gasteiger partial charge in [-0.05, 0) is 11.6 Å². The third kappa shape index (κ3) is 2.76. The molecule has 0 saturated carbocycles. The molecule has 17 heavy (non-hydrogen) atoms. The van der Waals surface area contributed by atoms with Crippen LogP contribution in [0.15, 0.2) is 18.2 Å². The van der Waals surface area contributed by atoms with Crippen molar-refractivity contribution in [1.82, 2.24) is 0 Å². The van der Waals surface area contributed by atoms with Crippen LogP contribution in [0.5, 0.6) is 0 Å². The van der Waals surface area contributed by atoms with Crippen LogP contribution in [0.4, 0.5) is 10.1 Å². The predicted octanol–water partition coefficient (Wildman–Crippen LogP) is 0.949. The summed E-state index contributed by atoms with van der Waals surface area (Å²) in [5.74, 6) is -2.44. The van der Waals surface area contributed by atoms with Crippen LogP contribution in [-0.2, 0) is 9.53 Å². The van der Waals surface area contributed by atoms with Gasteiger partial charge in [0, 0.05) is 12.6 Å². The third-order valence-electron chi connectivity index (χ3n) is 2.29. The van der Waals surface area contributed by atoms with E-state index >= 15 is 0 Å². The SMILES string of the molecule is COC(=O)C(CN)c1ccc([N+](=O)[O-])c(F)c1. The maximum absolute atomic E-state index is 13.3. The van der Waals surface area contributed by atoms with Crippen molar-refractivity contribution in [3.8, 4) is 0 Å². The molecule has 0 heterocycles. The zero-order chi connectivity index (χ0) is 13.0. The van der Waals surface area contributed by atoms with Crippen LogP contribution in [0.2, 0.25) is 0 Å². The number of ether oxygens (including phenoxy) is 1. The summed E-state index contributed by atoms with van der Waals surface area (Å²) in [6.45, 7) is -0.0656. The molecule has 0 aromatic heterocycles. The van der Waals surface area contributed by atoms with Crippen LogP contribution in [0.1, 0.15) is 11.5 Å². The largest absolute Gasteiger partial charge is 0.469 e. The quantitative estimate of drug-likeness (QED) is 0.481. The Morgan fingerprint density at radius 1 is 1.65 bits per heavy atom. The molecule has 6 nitrogen and oxygen atoms in total. The Hall–Kier alpha value is -2.02. The normalized spacial score (nSPS) is 11.9. The zero-order valence-electron chi connectivity index (χ0n) is 9.05. The summed E-state index contributed by atoms with van der Waals surface area (Å²) in [4.78, 5) is 20.9. The van der Waals surface area contributed by atoms with E-state index in [4.69, 9.17) is 5.73 Å². The number of rotatable bonds is 4. The second-order valence-corrected chi connectivity index (χ2v) is 3.28. The highest BCUT2D eigenvalue weighted by atomic mass is 19.1. The molecule has 92 valence electrons. The molecule has 2 N–H and O–H groups in total. The number of hydrogen-bond donors (Lipinski definition) is 1. The van der Waals surface area contributed by atoms with Gasteiger partial charge in [0.05, 0.1) is 18.0 Å². The van der Waals surface area contributed by atoms with E-state index in [9.17, 15) is 19.3 Å². The molecule has 0 aliphatic heterocycles. The van der Waals surface area contributed by atoms with Crippen LogP contribution in [0, 0.1) is 15.9 Å². The number of halogens is 1. The van der Waals surface area contributed by atoms with Gasteiger partial charge in [-0.2, -0.15) is 4.39 Å². The van der Waals surface area contributed by atoms with Crippen LogP contribution in [0.3, 0.4) is 0 Å². The maximum Gasteiger partial charge on any atom is 0.314 e. The Balaban J connectivity index is 3.11. The lowest BCUT2D eigenvalue weighted by molar-refractivity contribution is -0.387. The minimum Gasteiger partial charge on any atom is -0.469 e. The molecule has 1 aromatic carbocycles. The number of nitro benzene ring substituents is 1. The first kappa shape index (κ1) is 13.0. The van der Waals surface area contributed by atoms with Crippen molar-refractivity contribution in [2.75, 3.05) is 13.7 Å². The second kappa shape index (κ2) is 5.35. The molecule has 1 atom stereocenters. The van der Waals surface area contributed by atoms with Gasteiger partial charge in [-0.3, -0.25) is 14.9 Å². The summed E-state index contributed by atoms with van der Waals surface area (Å²) in [5, 5.41) is 10.4. The minimum absolute atomic E-state index is 0.0656. The van der Waals surface area contributed by atoms with E-state index in [0.29, 0.717) is 0 Å². The average Bonchev–Trinajstić information content (AvgIpc) is 2.29. The highest BCUT2D eigenvalue weighted by molar-refractivity contribution is 5.78. The minimum atomic E-state index is -1.00. The fourth-order valence-electron chi connectivity index (χ4n) is 1.40. The number of carbonyl (C=O) groups excluding carboxylic acids is 1. The summed E-state index contributed by atoms with van der Waals surface area (Å²) in [6, 6.07) is 3.21. The van der Waals surface area contributed by atoms with E-state index in [1.165, 1.54) is 13.2 Å². The van der Waals surface area contributed by atoms with Crippen molar-refractivity contribution < 1.29 is 18.8 Å². The second-order valence-electron chi connectivity index (χ2n) is 3.28. The lowest BCUT2D eigenvalue weighted by Crippen LogP contribution is -2.22. The van der Waals surface area contributed by atoms with Crippen molar-refractivity contribution in [1.29, 1.82) is 0 Å². The van der Waals surface area contributed by atoms with Gasteiger partial charge < -0.3 is 10.5 Å². The van der Waals surface area contributed by atoms with E-state index < -0.39 is 28.3 Å². The van der Waals surface area contributed by atoms with E-state index in [1.807, 2.05) is 0 Å². The van der Waals surface area contributed by atoms with Crippen LogP contribution in [0.25, 0.3) is 0 Å². The Morgan fingerprint density at radius 3 is 2.71 bits per heavy atom. The van der Waals surface area contributed by atoms with E-state index in [-0.39, 0.29) is 12.1 Å². The molecular formula is C10H11FN2O4. The van der Waals surface area contributed by atoms with Crippen molar-refractivity contribution in [2.45, 2.75) is 5.92 Å². The smallest absolute Gasteiger partial charge is 0.314 e. The third-order valence-corrected chi connectivity index (χ3v) is 2.29. The van der Waals surface area contributed by atoms with Gasteiger partial charge in [0.15, 0.2) is 0 Å². The van der Waals surface area contributed by atoms with Crippen molar-refractivity contribution in [3.05, 3.63) is 39.7 Å². The Labute approximate surface area is 96.3 Å². The number of nitro groups is 1. The van der Waals surface area contributed by atoms with Crippen LogP contribution < -0.4 is 5.73 Å². The first-order valence-electron chi connectivity index (χ1n) is 4.73. The lowest BCUT2D eigenvalue weighted by Gasteiger charge is -2.12. The van der Waals surface area contributed by atoms with Gasteiger partial charge in [0.2, 0.25) is 5.82 Å². The Morgan fingerprint density at radius 2 is 2.29 bits per heavy atom. The Kier molecular flexibility index (Phi) is 4.11. The molecular weight excluding hydrogens is 231 g/mol. The summed E-state index contributed by atoms with van der Waals surface area (Å²) >= 11 is 0. The molecule has 0 aliphatic carbocycles. The molecule has 0 fully saturated rings. The van der Waals surface area contributed by atoms with Crippen molar-refractivity contribution >= 4 is 11.7 Å². The van der Waals surface area contributed by atoms with Crippen LogP contribution in [-0.4, -0.2) is 24.5 Å². The summed E-state index contributed by atoms with van der Waals surface area (Å²) < 4.78 is 17.8. The highest BCUT2D eigenvalue weighted by Crippen LogP contribution is 2.23. The fourth-order valence-corrected chi connectivity index (χ4v) is 1.40. The zero-order valence-corrected chi connectivity index (χ0v) is 9.05. The van der Waals surface area contributed by atoms with E-state index in [2.05, 4.69) is 4.74 Å². The van der Waals surface area contributed by atoms with Gasteiger partial charge in [0.25, 0.3) is 0 Å². The monoisotopic (exact) mass is 242 g/mol.